The summed E-state index contributed by atoms with van der Waals surface area (Å²) in [6.45, 7) is 0.204. The molecule has 7 nitrogen and oxygen atoms in total. The lowest BCUT2D eigenvalue weighted by Gasteiger charge is -2.25. The lowest BCUT2D eigenvalue weighted by atomic mass is 9.99. The molecular formula is C27H19BrN2O5. The van der Waals surface area contributed by atoms with Crippen LogP contribution in [0.3, 0.4) is 0 Å². The molecule has 1 aromatic heterocycles. The van der Waals surface area contributed by atoms with Crippen LogP contribution in [0.4, 0.5) is 4.79 Å². The van der Waals surface area contributed by atoms with Crippen molar-refractivity contribution in [1.29, 1.82) is 0 Å². The molecule has 1 aliphatic heterocycles. The Bertz CT molecular complexity index is 1460. The zero-order chi connectivity index (χ0) is 24.4. The van der Waals surface area contributed by atoms with Gasteiger partial charge in [-0.05, 0) is 52.7 Å². The minimum atomic E-state index is -0.793. The quantitative estimate of drug-likeness (QED) is 0.265. The lowest BCUT2D eigenvalue weighted by molar-refractivity contribution is -0.130. The average molecular weight is 531 g/mol. The standard InChI is InChI=1S/C27H19BrN2O5/c28-19-10-7-17(8-11-19)16-35-24-12-9-18-4-1-2-6-21(18)22(24)14-23-25(31)29-27(33)30(26(23)32)15-20-5-3-13-34-20/h1-14H,15-16H2,(H,29,31,33)/b23-14+. The van der Waals surface area contributed by atoms with Crippen LogP contribution in [0.1, 0.15) is 16.9 Å². The summed E-state index contributed by atoms with van der Waals surface area (Å²) in [5.74, 6) is -0.537. The third-order valence-electron chi connectivity index (χ3n) is 5.61. The van der Waals surface area contributed by atoms with Gasteiger partial charge in [0.25, 0.3) is 11.8 Å². The number of barbiturate groups is 1. The van der Waals surface area contributed by atoms with E-state index in [0.29, 0.717) is 23.7 Å². The number of hydrogen-bond donors (Lipinski definition) is 1. The number of furan rings is 1. The summed E-state index contributed by atoms with van der Waals surface area (Å²) in [6.07, 6.45) is 2.94. The second-order valence-electron chi connectivity index (χ2n) is 7.90. The summed E-state index contributed by atoms with van der Waals surface area (Å²) in [4.78, 5) is 39.3. The number of carbonyl (C=O) groups excluding carboxylic acids is 3. The SMILES string of the molecule is O=C1NC(=O)N(Cc2ccco2)C(=O)/C1=C/c1c(OCc2ccc(Br)cc2)ccc2ccccc12. The van der Waals surface area contributed by atoms with E-state index in [1.807, 2.05) is 60.7 Å². The Hall–Kier alpha value is -4.17. The van der Waals surface area contributed by atoms with Crippen LogP contribution in [0.15, 0.2) is 93.5 Å². The maximum absolute atomic E-state index is 13.2. The van der Waals surface area contributed by atoms with E-state index in [9.17, 15) is 14.4 Å². The molecule has 2 heterocycles. The van der Waals surface area contributed by atoms with Gasteiger partial charge in [-0.2, -0.15) is 0 Å². The topological polar surface area (TPSA) is 88.9 Å². The number of hydrogen-bond acceptors (Lipinski definition) is 5. The zero-order valence-electron chi connectivity index (χ0n) is 18.4. The summed E-state index contributed by atoms with van der Waals surface area (Å²) in [6, 6.07) is 21.6. The van der Waals surface area contributed by atoms with Crippen molar-refractivity contribution in [2.45, 2.75) is 13.2 Å². The molecule has 0 spiro atoms. The number of nitrogens with one attached hydrogen (secondary N) is 1. The van der Waals surface area contributed by atoms with Crippen molar-refractivity contribution in [2.75, 3.05) is 0 Å². The van der Waals surface area contributed by atoms with Gasteiger partial charge in [0.2, 0.25) is 0 Å². The molecule has 1 aliphatic rings. The Morgan fingerprint density at radius 3 is 2.51 bits per heavy atom. The Morgan fingerprint density at radius 2 is 1.74 bits per heavy atom. The van der Waals surface area contributed by atoms with Crippen molar-refractivity contribution >= 4 is 50.6 Å². The van der Waals surface area contributed by atoms with Crippen LogP contribution >= 0.6 is 15.9 Å². The minimum absolute atomic E-state index is 0.0925. The molecule has 1 fully saturated rings. The van der Waals surface area contributed by atoms with Gasteiger partial charge in [0.1, 0.15) is 23.7 Å². The first kappa shape index (κ1) is 22.6. The van der Waals surface area contributed by atoms with Crippen molar-refractivity contribution in [3.05, 3.63) is 106 Å². The third kappa shape index (κ3) is 4.74. The molecule has 174 valence electrons. The van der Waals surface area contributed by atoms with E-state index in [1.54, 1.807) is 12.1 Å². The summed E-state index contributed by atoms with van der Waals surface area (Å²) in [5, 5.41) is 3.97. The van der Waals surface area contributed by atoms with E-state index in [0.717, 1.165) is 25.7 Å². The smallest absolute Gasteiger partial charge is 0.331 e. The number of imide groups is 2. The molecule has 0 unspecified atom stereocenters. The van der Waals surface area contributed by atoms with Gasteiger partial charge in [-0.3, -0.25) is 19.8 Å². The highest BCUT2D eigenvalue weighted by Gasteiger charge is 2.36. The number of halogens is 1. The highest BCUT2D eigenvalue weighted by Crippen LogP contribution is 2.32. The van der Waals surface area contributed by atoms with Crippen LogP contribution in [0, 0.1) is 0 Å². The van der Waals surface area contributed by atoms with Crippen molar-refractivity contribution in [1.82, 2.24) is 10.2 Å². The fraction of sp³-hybridized carbons (Fsp3) is 0.0741. The molecule has 0 bridgehead atoms. The monoisotopic (exact) mass is 530 g/mol. The molecule has 4 aromatic rings. The molecule has 0 aliphatic carbocycles. The van der Waals surface area contributed by atoms with Crippen molar-refractivity contribution in [2.24, 2.45) is 0 Å². The summed E-state index contributed by atoms with van der Waals surface area (Å²) in [7, 11) is 0. The number of carbonyl (C=O) groups is 3. The summed E-state index contributed by atoms with van der Waals surface area (Å²) >= 11 is 3.42. The van der Waals surface area contributed by atoms with Gasteiger partial charge in [-0.25, -0.2) is 4.79 Å². The summed E-state index contributed by atoms with van der Waals surface area (Å²) < 4.78 is 12.4. The van der Waals surface area contributed by atoms with Crippen LogP contribution in [0.2, 0.25) is 0 Å². The van der Waals surface area contributed by atoms with Crippen LogP contribution in [-0.4, -0.2) is 22.7 Å². The molecular weight excluding hydrogens is 512 g/mol. The Kier molecular flexibility index (Phi) is 6.20. The normalized spacial score (nSPS) is 15.1. The molecule has 1 N–H and O–H groups in total. The van der Waals surface area contributed by atoms with Crippen LogP contribution in [0.5, 0.6) is 5.75 Å². The molecule has 0 atom stereocenters. The molecule has 4 amide bonds. The van der Waals surface area contributed by atoms with E-state index in [4.69, 9.17) is 9.15 Å². The largest absolute Gasteiger partial charge is 0.488 e. The van der Waals surface area contributed by atoms with Crippen molar-refractivity contribution in [3.63, 3.8) is 0 Å². The van der Waals surface area contributed by atoms with E-state index in [2.05, 4.69) is 21.2 Å². The second-order valence-corrected chi connectivity index (χ2v) is 8.82. The predicted octanol–water partition coefficient (Wildman–Crippen LogP) is 5.44. The number of ether oxygens (including phenoxy) is 1. The highest BCUT2D eigenvalue weighted by atomic mass is 79.9. The molecule has 35 heavy (non-hydrogen) atoms. The molecule has 0 radical (unpaired) electrons. The van der Waals surface area contributed by atoms with E-state index in [-0.39, 0.29) is 12.1 Å². The fourth-order valence-corrected chi connectivity index (χ4v) is 4.10. The molecule has 3 aromatic carbocycles. The molecule has 1 saturated heterocycles. The number of benzene rings is 3. The Balaban J connectivity index is 1.53. The molecule has 0 saturated carbocycles. The maximum Gasteiger partial charge on any atom is 0.331 e. The summed E-state index contributed by atoms with van der Waals surface area (Å²) in [5.41, 5.74) is 1.37. The fourth-order valence-electron chi connectivity index (χ4n) is 3.83. The van der Waals surface area contributed by atoms with Gasteiger partial charge < -0.3 is 9.15 Å². The first-order valence-electron chi connectivity index (χ1n) is 10.8. The number of amides is 4. The minimum Gasteiger partial charge on any atom is -0.488 e. The first-order chi connectivity index (χ1) is 17.0. The third-order valence-corrected chi connectivity index (χ3v) is 6.14. The van der Waals surface area contributed by atoms with E-state index in [1.165, 1.54) is 12.3 Å². The van der Waals surface area contributed by atoms with Gasteiger partial charge in [0.05, 0.1) is 12.8 Å². The second kappa shape index (κ2) is 9.60. The highest BCUT2D eigenvalue weighted by molar-refractivity contribution is 9.10. The van der Waals surface area contributed by atoms with E-state index < -0.39 is 17.8 Å². The molecule has 8 heteroatoms. The van der Waals surface area contributed by atoms with Crippen molar-refractivity contribution in [3.8, 4) is 5.75 Å². The van der Waals surface area contributed by atoms with Gasteiger partial charge >= 0.3 is 6.03 Å². The number of nitrogens with zero attached hydrogens (tertiary/aromatic N) is 1. The Labute approximate surface area is 209 Å². The van der Waals surface area contributed by atoms with Crippen molar-refractivity contribution < 1.29 is 23.5 Å². The zero-order valence-corrected chi connectivity index (χ0v) is 19.9. The van der Waals surface area contributed by atoms with Gasteiger partial charge in [-0.1, -0.05) is 58.4 Å². The number of rotatable bonds is 6. The van der Waals surface area contributed by atoms with Crippen LogP contribution in [-0.2, 0) is 22.7 Å². The van der Waals surface area contributed by atoms with Gasteiger partial charge in [0.15, 0.2) is 0 Å². The Morgan fingerprint density at radius 1 is 0.943 bits per heavy atom. The van der Waals surface area contributed by atoms with Gasteiger partial charge in [0, 0.05) is 10.0 Å². The van der Waals surface area contributed by atoms with Crippen LogP contribution < -0.4 is 10.1 Å². The van der Waals surface area contributed by atoms with E-state index >= 15 is 0 Å². The number of urea groups is 1. The maximum atomic E-state index is 13.2. The predicted molar refractivity (Wildman–Crippen MR) is 133 cm³/mol. The first-order valence-corrected chi connectivity index (χ1v) is 11.6. The lowest BCUT2D eigenvalue weighted by Crippen LogP contribution is -2.53. The molecule has 5 rings (SSSR count). The number of fused-ring (bicyclic) bond motifs is 1. The van der Waals surface area contributed by atoms with Crippen LogP contribution in [0.25, 0.3) is 16.8 Å². The average Bonchev–Trinajstić information content (AvgIpc) is 3.38. The van der Waals surface area contributed by atoms with Gasteiger partial charge in [-0.15, -0.1) is 0 Å².